The maximum atomic E-state index is 13.6. The SMILES string of the molecule is Cl.O=C1Nc2c(F)cccc2CN1C1CCNCC1. The lowest BCUT2D eigenvalue weighted by Crippen LogP contribution is -2.49. The molecule has 1 aromatic carbocycles. The number of nitrogens with one attached hydrogen (secondary N) is 2. The van der Waals surface area contributed by atoms with Crippen molar-refractivity contribution >= 4 is 24.1 Å². The van der Waals surface area contributed by atoms with Crippen molar-refractivity contribution in [2.24, 2.45) is 0 Å². The van der Waals surface area contributed by atoms with Gasteiger partial charge in [-0.1, -0.05) is 12.1 Å². The van der Waals surface area contributed by atoms with Crippen molar-refractivity contribution in [2.75, 3.05) is 18.4 Å². The highest BCUT2D eigenvalue weighted by Crippen LogP contribution is 2.28. The molecule has 2 heterocycles. The van der Waals surface area contributed by atoms with Crippen molar-refractivity contribution in [1.29, 1.82) is 0 Å². The molecular weight excluding hydrogens is 269 g/mol. The van der Waals surface area contributed by atoms with E-state index in [0.717, 1.165) is 31.5 Å². The summed E-state index contributed by atoms with van der Waals surface area (Å²) in [5, 5.41) is 5.95. The van der Waals surface area contributed by atoms with E-state index < -0.39 is 0 Å². The van der Waals surface area contributed by atoms with E-state index in [1.807, 2.05) is 11.0 Å². The Hall–Kier alpha value is -1.33. The van der Waals surface area contributed by atoms with Crippen LogP contribution in [0, 0.1) is 5.82 Å². The molecule has 0 atom stereocenters. The third-order valence-electron chi connectivity index (χ3n) is 3.68. The number of amides is 2. The smallest absolute Gasteiger partial charge is 0.317 e. The Morgan fingerprint density at radius 1 is 1.26 bits per heavy atom. The van der Waals surface area contributed by atoms with Crippen molar-refractivity contribution in [1.82, 2.24) is 10.2 Å². The van der Waals surface area contributed by atoms with Gasteiger partial charge in [-0.3, -0.25) is 0 Å². The van der Waals surface area contributed by atoms with Gasteiger partial charge in [0, 0.05) is 12.6 Å². The molecule has 2 aliphatic heterocycles. The zero-order chi connectivity index (χ0) is 12.5. The normalized spacial score (nSPS) is 19.4. The molecule has 2 aliphatic rings. The van der Waals surface area contributed by atoms with E-state index in [2.05, 4.69) is 10.6 Å². The molecule has 4 nitrogen and oxygen atoms in total. The monoisotopic (exact) mass is 285 g/mol. The molecule has 6 heteroatoms. The average molecular weight is 286 g/mol. The summed E-state index contributed by atoms with van der Waals surface area (Å²) < 4.78 is 13.6. The minimum atomic E-state index is -0.356. The molecule has 0 aromatic heterocycles. The molecule has 0 spiro atoms. The number of piperidine rings is 1. The predicted octanol–water partition coefficient (Wildman–Crippen LogP) is 2.35. The van der Waals surface area contributed by atoms with E-state index in [-0.39, 0.29) is 30.3 Å². The highest BCUT2D eigenvalue weighted by atomic mass is 35.5. The van der Waals surface area contributed by atoms with Gasteiger partial charge in [-0.15, -0.1) is 12.4 Å². The number of para-hydroxylation sites is 1. The lowest BCUT2D eigenvalue weighted by Gasteiger charge is -2.37. The van der Waals surface area contributed by atoms with E-state index >= 15 is 0 Å². The second kappa shape index (κ2) is 5.75. The summed E-state index contributed by atoms with van der Waals surface area (Å²) in [6.07, 6.45) is 1.91. The number of carbonyl (C=O) groups is 1. The van der Waals surface area contributed by atoms with Crippen molar-refractivity contribution in [3.8, 4) is 0 Å². The number of carbonyl (C=O) groups excluding carboxylic acids is 1. The van der Waals surface area contributed by atoms with Crippen LogP contribution >= 0.6 is 12.4 Å². The maximum Gasteiger partial charge on any atom is 0.322 e. The van der Waals surface area contributed by atoms with Crippen LogP contribution in [0.1, 0.15) is 18.4 Å². The molecular formula is C13H17ClFN3O. The molecule has 1 fully saturated rings. The Morgan fingerprint density at radius 2 is 2.00 bits per heavy atom. The van der Waals surface area contributed by atoms with Crippen LogP contribution < -0.4 is 10.6 Å². The van der Waals surface area contributed by atoms with Crippen LogP contribution in [0.4, 0.5) is 14.9 Å². The number of hydrogen-bond acceptors (Lipinski definition) is 2. The molecule has 0 saturated carbocycles. The summed E-state index contributed by atoms with van der Waals surface area (Å²) in [6.45, 7) is 2.37. The molecule has 0 radical (unpaired) electrons. The van der Waals surface area contributed by atoms with Gasteiger partial charge in [0.15, 0.2) is 0 Å². The highest BCUT2D eigenvalue weighted by Gasteiger charge is 2.30. The number of urea groups is 1. The first-order valence-corrected chi connectivity index (χ1v) is 6.31. The third kappa shape index (κ3) is 2.67. The first kappa shape index (κ1) is 14.1. The zero-order valence-corrected chi connectivity index (χ0v) is 11.3. The van der Waals surface area contributed by atoms with Gasteiger partial charge >= 0.3 is 6.03 Å². The van der Waals surface area contributed by atoms with Crippen molar-refractivity contribution in [2.45, 2.75) is 25.4 Å². The largest absolute Gasteiger partial charge is 0.322 e. The number of rotatable bonds is 1. The molecule has 19 heavy (non-hydrogen) atoms. The number of hydrogen-bond donors (Lipinski definition) is 2. The quantitative estimate of drug-likeness (QED) is 0.832. The second-order valence-corrected chi connectivity index (χ2v) is 4.81. The summed E-state index contributed by atoms with van der Waals surface area (Å²) >= 11 is 0. The molecule has 2 N–H and O–H groups in total. The third-order valence-corrected chi connectivity index (χ3v) is 3.68. The zero-order valence-electron chi connectivity index (χ0n) is 10.5. The summed E-state index contributed by atoms with van der Waals surface area (Å²) in [7, 11) is 0. The van der Waals surface area contributed by atoms with Crippen LogP contribution in [0.15, 0.2) is 18.2 Å². The van der Waals surface area contributed by atoms with Crippen LogP contribution in [0.25, 0.3) is 0 Å². The number of nitrogens with zero attached hydrogens (tertiary/aromatic N) is 1. The lowest BCUT2D eigenvalue weighted by atomic mass is 10.0. The van der Waals surface area contributed by atoms with Crippen molar-refractivity contribution < 1.29 is 9.18 Å². The van der Waals surface area contributed by atoms with Gasteiger partial charge in [0.2, 0.25) is 0 Å². The molecule has 3 rings (SSSR count). The summed E-state index contributed by atoms with van der Waals surface area (Å²) in [6, 6.07) is 5.00. The minimum Gasteiger partial charge on any atom is -0.317 e. The first-order valence-electron chi connectivity index (χ1n) is 6.31. The van der Waals surface area contributed by atoms with Gasteiger partial charge in [-0.2, -0.15) is 0 Å². The van der Waals surface area contributed by atoms with Gasteiger partial charge < -0.3 is 15.5 Å². The molecule has 2 amide bonds. The number of benzene rings is 1. The van der Waals surface area contributed by atoms with E-state index in [1.54, 1.807) is 6.07 Å². The minimum absolute atomic E-state index is 0. The van der Waals surface area contributed by atoms with E-state index in [4.69, 9.17) is 0 Å². The van der Waals surface area contributed by atoms with Gasteiger partial charge in [0.1, 0.15) is 5.82 Å². The van der Waals surface area contributed by atoms with Crippen LogP contribution in [0.5, 0.6) is 0 Å². The number of fused-ring (bicyclic) bond motifs is 1. The Balaban J connectivity index is 0.00000133. The Kier molecular flexibility index (Phi) is 4.27. The fraction of sp³-hybridized carbons (Fsp3) is 0.462. The first-order chi connectivity index (χ1) is 8.75. The van der Waals surface area contributed by atoms with Crippen molar-refractivity contribution in [3.63, 3.8) is 0 Å². The fourth-order valence-corrected chi connectivity index (χ4v) is 2.69. The number of anilines is 1. The standard InChI is InChI=1S/C13H16FN3O.ClH/c14-11-3-1-2-9-8-17(13(18)16-12(9)11)10-4-6-15-7-5-10;/h1-3,10,15H,4-8H2,(H,16,18);1H. The van der Waals surface area contributed by atoms with E-state index in [9.17, 15) is 9.18 Å². The van der Waals surface area contributed by atoms with Gasteiger partial charge in [-0.05, 0) is 37.6 Å². The van der Waals surface area contributed by atoms with Crippen LogP contribution in [-0.4, -0.2) is 30.1 Å². The van der Waals surface area contributed by atoms with Crippen LogP contribution in [-0.2, 0) is 6.54 Å². The Labute approximate surface area is 117 Å². The molecule has 0 unspecified atom stereocenters. The van der Waals surface area contributed by atoms with E-state index in [0.29, 0.717) is 12.2 Å². The molecule has 104 valence electrons. The Morgan fingerprint density at radius 3 is 2.74 bits per heavy atom. The molecule has 1 saturated heterocycles. The van der Waals surface area contributed by atoms with Gasteiger partial charge in [0.25, 0.3) is 0 Å². The number of halogens is 2. The fourth-order valence-electron chi connectivity index (χ4n) is 2.69. The molecule has 0 aliphatic carbocycles. The van der Waals surface area contributed by atoms with Gasteiger partial charge in [0.05, 0.1) is 5.69 Å². The van der Waals surface area contributed by atoms with Gasteiger partial charge in [-0.25, -0.2) is 9.18 Å². The van der Waals surface area contributed by atoms with Crippen molar-refractivity contribution in [3.05, 3.63) is 29.6 Å². The molecule has 0 bridgehead atoms. The summed E-state index contributed by atoms with van der Waals surface area (Å²) in [4.78, 5) is 13.9. The Bertz CT molecular complexity index is 477. The predicted molar refractivity (Wildman–Crippen MR) is 74.1 cm³/mol. The topological polar surface area (TPSA) is 44.4 Å². The van der Waals surface area contributed by atoms with Crippen LogP contribution in [0.2, 0.25) is 0 Å². The second-order valence-electron chi connectivity index (χ2n) is 4.81. The van der Waals surface area contributed by atoms with E-state index in [1.165, 1.54) is 6.07 Å². The van der Waals surface area contributed by atoms with Crippen LogP contribution in [0.3, 0.4) is 0 Å². The maximum absolute atomic E-state index is 13.6. The summed E-state index contributed by atoms with van der Waals surface area (Å²) in [5.74, 6) is -0.356. The highest BCUT2D eigenvalue weighted by molar-refractivity contribution is 5.92. The summed E-state index contributed by atoms with van der Waals surface area (Å²) in [5.41, 5.74) is 1.20. The lowest BCUT2D eigenvalue weighted by molar-refractivity contribution is 0.163. The molecule has 1 aromatic rings. The average Bonchev–Trinajstić information content (AvgIpc) is 2.40.